The molecule has 2 rings (SSSR count). The van der Waals surface area contributed by atoms with E-state index >= 15 is 0 Å². The van der Waals surface area contributed by atoms with Gasteiger partial charge in [-0.3, -0.25) is 0 Å². The predicted molar refractivity (Wildman–Crippen MR) is 98.9 cm³/mol. The lowest BCUT2D eigenvalue weighted by atomic mass is 10.2. The van der Waals surface area contributed by atoms with Crippen LogP contribution in [0.5, 0.6) is 11.5 Å². The number of rotatable bonds is 8. The molecule has 2 aromatic rings. The molecule has 0 saturated carbocycles. The molecule has 0 saturated heterocycles. The number of sulfonamides is 1. The Morgan fingerprint density at radius 2 is 2.12 bits per heavy atom. The zero-order chi connectivity index (χ0) is 19.3. The monoisotopic (exact) mass is 401 g/mol. The molecule has 0 N–H and O–H groups in total. The minimum absolute atomic E-state index is 0.0885. The summed E-state index contributed by atoms with van der Waals surface area (Å²) in [6.45, 7) is 2.57. The topological polar surface area (TPSA) is 81.6 Å². The van der Waals surface area contributed by atoms with Gasteiger partial charge in [0.1, 0.15) is 24.0 Å². The number of benzene rings is 1. The van der Waals surface area contributed by atoms with E-state index in [0.29, 0.717) is 17.1 Å². The molecule has 0 aliphatic carbocycles. The van der Waals surface area contributed by atoms with Gasteiger partial charge in [0.2, 0.25) is 5.13 Å². The van der Waals surface area contributed by atoms with Crippen LogP contribution in [0.15, 0.2) is 35.5 Å². The molecule has 0 amide bonds. The van der Waals surface area contributed by atoms with Crippen LogP contribution >= 0.6 is 11.5 Å². The minimum atomic E-state index is -4.13. The van der Waals surface area contributed by atoms with Crippen LogP contribution in [0.2, 0.25) is 0 Å². The number of ether oxygens (including phenoxy) is 2. The Balaban J connectivity index is 2.52. The molecule has 0 aliphatic heterocycles. The summed E-state index contributed by atoms with van der Waals surface area (Å²) in [5, 5.41) is 0.142. The smallest absolute Gasteiger partial charge is 0.265 e. The van der Waals surface area contributed by atoms with Gasteiger partial charge in [-0.15, -0.1) is 0 Å². The quantitative estimate of drug-likeness (QED) is 0.676. The number of hydrogen-bond donors (Lipinski definition) is 0. The summed E-state index contributed by atoms with van der Waals surface area (Å²) in [4.78, 5) is 3.65. The van der Waals surface area contributed by atoms with Crippen LogP contribution in [0.25, 0.3) is 0 Å². The van der Waals surface area contributed by atoms with Crippen molar-refractivity contribution in [3.8, 4) is 11.5 Å². The molecule has 10 heteroatoms. The molecule has 1 aromatic heterocycles. The molecular formula is C16H20FN3O4S2. The van der Waals surface area contributed by atoms with E-state index in [9.17, 15) is 12.8 Å². The molecule has 0 aliphatic rings. The molecule has 1 aromatic carbocycles. The maximum atomic E-state index is 13.9. The number of allylic oxidation sites excluding steroid dienone is 2. The van der Waals surface area contributed by atoms with E-state index in [4.69, 9.17) is 9.47 Å². The van der Waals surface area contributed by atoms with Gasteiger partial charge < -0.3 is 9.47 Å². The van der Waals surface area contributed by atoms with Crippen molar-refractivity contribution in [3.63, 3.8) is 0 Å². The van der Waals surface area contributed by atoms with Crippen molar-refractivity contribution in [2.24, 2.45) is 0 Å². The second-order valence-corrected chi connectivity index (χ2v) is 7.84. The van der Waals surface area contributed by atoms with Crippen LogP contribution in [0, 0.1) is 0 Å². The van der Waals surface area contributed by atoms with Gasteiger partial charge in [-0.25, -0.2) is 22.1 Å². The molecule has 1 unspecified atom stereocenters. The highest BCUT2D eigenvalue weighted by Crippen LogP contribution is 2.32. The van der Waals surface area contributed by atoms with Gasteiger partial charge in [0.25, 0.3) is 10.0 Å². The van der Waals surface area contributed by atoms with Gasteiger partial charge >= 0.3 is 0 Å². The second kappa shape index (κ2) is 8.45. The average molecular weight is 401 g/mol. The van der Waals surface area contributed by atoms with Crippen molar-refractivity contribution < 1.29 is 22.3 Å². The highest BCUT2D eigenvalue weighted by atomic mass is 32.2. The van der Waals surface area contributed by atoms with Crippen LogP contribution in [0.3, 0.4) is 0 Å². The largest absolute Gasteiger partial charge is 0.497 e. The van der Waals surface area contributed by atoms with E-state index in [-0.39, 0.29) is 16.6 Å². The third kappa shape index (κ3) is 4.13. The van der Waals surface area contributed by atoms with Crippen molar-refractivity contribution in [3.05, 3.63) is 41.1 Å². The van der Waals surface area contributed by atoms with E-state index in [1.165, 1.54) is 40.5 Å². The summed E-state index contributed by atoms with van der Waals surface area (Å²) in [6, 6.07) is 5.03. The fourth-order valence-corrected chi connectivity index (χ4v) is 4.74. The fourth-order valence-electron chi connectivity index (χ4n) is 2.38. The van der Waals surface area contributed by atoms with Gasteiger partial charge in [-0.1, -0.05) is 6.08 Å². The van der Waals surface area contributed by atoms with E-state index < -0.39 is 16.2 Å². The van der Waals surface area contributed by atoms with E-state index in [2.05, 4.69) is 9.36 Å². The standard InChI is InChI=1S/C16H20FN3O4S2/c1-5-15(11(2)17)26(21,22)20(16-18-10-19-25-16)9-12-6-7-13(23-3)8-14(12)24-4/h5-8,10-11H,9H2,1-4H3. The highest BCUT2D eigenvalue weighted by molar-refractivity contribution is 7.96. The molecule has 0 bridgehead atoms. The third-order valence-electron chi connectivity index (χ3n) is 3.64. The van der Waals surface area contributed by atoms with Gasteiger partial charge in [-0.2, -0.15) is 4.37 Å². The molecular weight excluding hydrogens is 381 g/mol. The van der Waals surface area contributed by atoms with Crippen LogP contribution < -0.4 is 13.8 Å². The molecule has 142 valence electrons. The summed E-state index contributed by atoms with van der Waals surface area (Å²) in [5.74, 6) is 1.02. The van der Waals surface area contributed by atoms with E-state index in [1.54, 1.807) is 18.2 Å². The van der Waals surface area contributed by atoms with E-state index in [0.717, 1.165) is 15.8 Å². The summed E-state index contributed by atoms with van der Waals surface area (Å²) in [6.07, 6.45) is 0.847. The molecule has 0 fully saturated rings. The Bertz CT molecular complexity index is 868. The Hall–Kier alpha value is -2.20. The number of anilines is 1. The van der Waals surface area contributed by atoms with Crippen molar-refractivity contribution in [1.82, 2.24) is 9.36 Å². The number of aromatic nitrogens is 2. The predicted octanol–water partition coefficient (Wildman–Crippen LogP) is 3.15. The lowest BCUT2D eigenvalue weighted by Gasteiger charge is -2.24. The first-order chi connectivity index (χ1) is 12.3. The van der Waals surface area contributed by atoms with Crippen LogP contribution in [0.4, 0.5) is 9.52 Å². The van der Waals surface area contributed by atoms with Crippen LogP contribution in [0.1, 0.15) is 19.4 Å². The number of hydrogen-bond acceptors (Lipinski definition) is 7. The van der Waals surface area contributed by atoms with Crippen molar-refractivity contribution >= 4 is 26.7 Å². The molecule has 7 nitrogen and oxygen atoms in total. The SMILES string of the molecule is CC=C(C(C)F)S(=O)(=O)N(Cc1ccc(OC)cc1OC)c1ncns1. The first-order valence-electron chi connectivity index (χ1n) is 7.65. The van der Waals surface area contributed by atoms with Gasteiger partial charge in [-0.05, 0) is 26.0 Å². The molecule has 26 heavy (non-hydrogen) atoms. The number of alkyl halides is 1. The maximum Gasteiger partial charge on any atom is 0.265 e. The molecule has 0 spiro atoms. The third-order valence-corrected chi connectivity index (χ3v) is 6.48. The van der Waals surface area contributed by atoms with Crippen molar-refractivity contribution in [2.75, 3.05) is 18.5 Å². The number of halogens is 1. The van der Waals surface area contributed by atoms with Gasteiger partial charge in [0, 0.05) is 23.2 Å². The number of nitrogens with zero attached hydrogens (tertiary/aromatic N) is 3. The average Bonchev–Trinajstić information content (AvgIpc) is 3.13. The first-order valence-corrected chi connectivity index (χ1v) is 9.87. The molecule has 1 heterocycles. The zero-order valence-electron chi connectivity index (χ0n) is 14.8. The van der Waals surface area contributed by atoms with Gasteiger partial charge in [0.15, 0.2) is 0 Å². The van der Waals surface area contributed by atoms with Crippen molar-refractivity contribution in [1.29, 1.82) is 0 Å². The second-order valence-electron chi connectivity index (χ2n) is 5.22. The normalized spacial score (nSPS) is 13.3. The molecule has 0 radical (unpaired) electrons. The number of methoxy groups -OCH3 is 2. The highest BCUT2D eigenvalue weighted by Gasteiger charge is 2.32. The summed E-state index contributed by atoms with van der Waals surface area (Å²) >= 11 is 0.908. The Labute approximate surface area is 156 Å². The summed E-state index contributed by atoms with van der Waals surface area (Å²) < 4.78 is 55.3. The zero-order valence-corrected chi connectivity index (χ0v) is 16.5. The fraction of sp³-hybridized carbons (Fsp3) is 0.375. The van der Waals surface area contributed by atoms with Crippen LogP contribution in [-0.2, 0) is 16.6 Å². The van der Waals surface area contributed by atoms with E-state index in [1.807, 2.05) is 0 Å². The Morgan fingerprint density at radius 3 is 2.62 bits per heavy atom. The lowest BCUT2D eigenvalue weighted by molar-refractivity contribution is 0.391. The molecule has 1 atom stereocenters. The Morgan fingerprint density at radius 1 is 1.38 bits per heavy atom. The van der Waals surface area contributed by atoms with Crippen LogP contribution in [-0.4, -0.2) is 38.2 Å². The van der Waals surface area contributed by atoms with Crippen molar-refractivity contribution in [2.45, 2.75) is 26.6 Å². The summed E-state index contributed by atoms with van der Waals surface area (Å²) in [5.41, 5.74) is 0.578. The maximum absolute atomic E-state index is 13.9. The first kappa shape index (κ1) is 20.1. The summed E-state index contributed by atoms with van der Waals surface area (Å²) in [7, 11) is -1.14. The Kier molecular flexibility index (Phi) is 6.54. The lowest BCUT2D eigenvalue weighted by Crippen LogP contribution is -2.33. The van der Waals surface area contributed by atoms with Gasteiger partial charge in [0.05, 0.1) is 25.7 Å². The minimum Gasteiger partial charge on any atom is -0.497 e.